The van der Waals surface area contributed by atoms with E-state index >= 15 is 0 Å². The van der Waals surface area contributed by atoms with Crippen molar-refractivity contribution in [2.45, 2.75) is 40.2 Å². The number of anilines is 1. The summed E-state index contributed by atoms with van der Waals surface area (Å²) in [4.78, 5) is 4.50. The van der Waals surface area contributed by atoms with E-state index in [0.717, 1.165) is 16.9 Å². The average Bonchev–Trinajstić information content (AvgIpc) is 2.63. The van der Waals surface area contributed by atoms with Gasteiger partial charge in [0, 0.05) is 6.04 Å². The van der Waals surface area contributed by atoms with Crippen LogP contribution in [0.25, 0.3) is 11.0 Å². The largest absolute Gasteiger partial charge is 0.326 e. The van der Waals surface area contributed by atoms with Gasteiger partial charge in [0.2, 0.25) is 10.0 Å². The van der Waals surface area contributed by atoms with Gasteiger partial charge in [0.15, 0.2) is 0 Å². The predicted octanol–water partition coefficient (Wildman–Crippen LogP) is 3.08. The zero-order valence-electron chi connectivity index (χ0n) is 12.3. The molecule has 0 radical (unpaired) electrons. The lowest BCUT2D eigenvalue weighted by Gasteiger charge is -2.11. The van der Waals surface area contributed by atoms with Gasteiger partial charge in [-0.2, -0.15) is 0 Å². The van der Waals surface area contributed by atoms with Crippen molar-refractivity contribution < 1.29 is 8.42 Å². The number of nitrogens with one attached hydrogen (secondary N) is 1. The topological polar surface area (TPSA) is 64.0 Å². The van der Waals surface area contributed by atoms with E-state index in [1.807, 2.05) is 19.9 Å². The van der Waals surface area contributed by atoms with Crippen LogP contribution in [-0.4, -0.2) is 23.7 Å². The van der Waals surface area contributed by atoms with Gasteiger partial charge in [-0.05, 0) is 45.4 Å². The molecule has 1 aromatic heterocycles. The number of fused-ring (bicyclic) bond motifs is 1. The first-order chi connectivity index (χ1) is 9.34. The zero-order valence-corrected chi connectivity index (χ0v) is 13.2. The van der Waals surface area contributed by atoms with Crippen molar-refractivity contribution in [1.29, 1.82) is 0 Å². The molecule has 20 heavy (non-hydrogen) atoms. The molecule has 5 nitrogen and oxygen atoms in total. The summed E-state index contributed by atoms with van der Waals surface area (Å²) in [5, 5.41) is 0. The lowest BCUT2D eigenvalue weighted by molar-refractivity contribution is 0.599. The number of hydrogen-bond donors (Lipinski definition) is 1. The first kappa shape index (κ1) is 14.8. The third kappa shape index (κ3) is 2.95. The average molecular weight is 295 g/mol. The summed E-state index contributed by atoms with van der Waals surface area (Å²) in [5.41, 5.74) is 2.41. The number of nitrogens with zero attached hydrogens (tertiary/aromatic N) is 2. The van der Waals surface area contributed by atoms with Gasteiger partial charge in [-0.3, -0.25) is 4.72 Å². The molecule has 0 atom stereocenters. The molecule has 6 heteroatoms. The molecule has 2 aromatic rings. The molecule has 0 aliphatic rings. The highest BCUT2D eigenvalue weighted by Gasteiger charge is 2.13. The first-order valence-electron chi connectivity index (χ1n) is 6.83. The SMILES string of the molecule is CCCS(=O)(=O)Nc1ccc2c(c1)nc(C)n2C(C)C. The van der Waals surface area contributed by atoms with Crippen LogP contribution in [0.2, 0.25) is 0 Å². The van der Waals surface area contributed by atoms with Gasteiger partial charge < -0.3 is 4.57 Å². The molecule has 0 aliphatic heterocycles. The molecule has 0 fully saturated rings. The molecule has 0 spiro atoms. The van der Waals surface area contributed by atoms with Crippen LogP contribution in [0.3, 0.4) is 0 Å². The monoisotopic (exact) mass is 295 g/mol. The maximum Gasteiger partial charge on any atom is 0.232 e. The minimum atomic E-state index is -3.26. The van der Waals surface area contributed by atoms with E-state index in [2.05, 4.69) is 28.1 Å². The molecule has 0 bridgehead atoms. The van der Waals surface area contributed by atoms with Gasteiger partial charge in [0.1, 0.15) is 5.82 Å². The minimum absolute atomic E-state index is 0.129. The molecule has 0 saturated carbocycles. The van der Waals surface area contributed by atoms with E-state index in [9.17, 15) is 8.42 Å². The Kier molecular flexibility index (Phi) is 4.04. The summed E-state index contributed by atoms with van der Waals surface area (Å²) in [6, 6.07) is 5.81. The summed E-state index contributed by atoms with van der Waals surface area (Å²) in [7, 11) is -3.26. The normalized spacial score (nSPS) is 12.2. The quantitative estimate of drug-likeness (QED) is 0.922. The minimum Gasteiger partial charge on any atom is -0.326 e. The smallest absolute Gasteiger partial charge is 0.232 e. The van der Waals surface area contributed by atoms with Gasteiger partial charge in [0.25, 0.3) is 0 Å². The second-order valence-electron chi connectivity index (χ2n) is 5.25. The summed E-state index contributed by atoms with van der Waals surface area (Å²) in [6.45, 7) is 8.01. The lowest BCUT2D eigenvalue weighted by Crippen LogP contribution is -2.15. The lowest BCUT2D eigenvalue weighted by atomic mass is 10.2. The van der Waals surface area contributed by atoms with Crippen LogP contribution in [0.1, 0.15) is 39.1 Å². The Morgan fingerprint density at radius 1 is 1.35 bits per heavy atom. The molecule has 110 valence electrons. The fraction of sp³-hybridized carbons (Fsp3) is 0.500. The number of benzene rings is 1. The van der Waals surface area contributed by atoms with Crippen LogP contribution in [0.15, 0.2) is 18.2 Å². The maximum atomic E-state index is 11.8. The predicted molar refractivity (Wildman–Crippen MR) is 82.6 cm³/mol. The fourth-order valence-electron chi connectivity index (χ4n) is 2.43. The van der Waals surface area contributed by atoms with Gasteiger partial charge in [0.05, 0.1) is 22.5 Å². The van der Waals surface area contributed by atoms with E-state index in [1.165, 1.54) is 0 Å². The van der Waals surface area contributed by atoms with E-state index in [-0.39, 0.29) is 5.75 Å². The fourth-order valence-corrected chi connectivity index (χ4v) is 3.56. The van der Waals surface area contributed by atoms with Crippen LogP contribution >= 0.6 is 0 Å². The molecular formula is C14H21N3O2S. The number of imidazole rings is 1. The van der Waals surface area contributed by atoms with Gasteiger partial charge in [-0.1, -0.05) is 6.92 Å². The highest BCUT2D eigenvalue weighted by atomic mass is 32.2. The van der Waals surface area contributed by atoms with Crippen LogP contribution in [-0.2, 0) is 10.0 Å². The van der Waals surface area contributed by atoms with E-state index in [1.54, 1.807) is 12.1 Å². The second kappa shape index (κ2) is 5.44. The second-order valence-corrected chi connectivity index (χ2v) is 7.09. The van der Waals surface area contributed by atoms with Crippen molar-refractivity contribution in [3.05, 3.63) is 24.0 Å². The van der Waals surface area contributed by atoms with Crippen LogP contribution in [0, 0.1) is 6.92 Å². The highest BCUT2D eigenvalue weighted by Crippen LogP contribution is 2.24. The van der Waals surface area contributed by atoms with Gasteiger partial charge >= 0.3 is 0 Å². The summed E-state index contributed by atoms with van der Waals surface area (Å²) in [6.07, 6.45) is 0.596. The number of sulfonamides is 1. The Hall–Kier alpha value is -1.56. The molecule has 0 amide bonds. The molecule has 1 aromatic carbocycles. The molecule has 0 aliphatic carbocycles. The molecule has 0 saturated heterocycles. The standard InChI is InChI=1S/C14H21N3O2S/c1-5-8-20(18,19)16-12-6-7-14-13(9-12)15-11(4)17(14)10(2)3/h6-7,9-10,16H,5,8H2,1-4H3. The molecule has 2 rings (SSSR count). The Labute approximate surface area is 120 Å². The van der Waals surface area contributed by atoms with Crippen molar-refractivity contribution >= 4 is 26.7 Å². The third-order valence-electron chi connectivity index (χ3n) is 3.13. The van der Waals surface area contributed by atoms with Crippen molar-refractivity contribution in [1.82, 2.24) is 9.55 Å². The number of aryl methyl sites for hydroxylation is 1. The van der Waals surface area contributed by atoms with E-state index in [4.69, 9.17) is 0 Å². The highest BCUT2D eigenvalue weighted by molar-refractivity contribution is 7.92. The van der Waals surface area contributed by atoms with Crippen LogP contribution in [0.4, 0.5) is 5.69 Å². The third-order valence-corrected chi connectivity index (χ3v) is 4.62. The number of rotatable bonds is 5. The summed E-state index contributed by atoms with van der Waals surface area (Å²) < 4.78 is 28.3. The number of aromatic nitrogens is 2. The van der Waals surface area contributed by atoms with E-state index < -0.39 is 10.0 Å². The molecule has 1 N–H and O–H groups in total. The van der Waals surface area contributed by atoms with Gasteiger partial charge in [-0.15, -0.1) is 0 Å². The van der Waals surface area contributed by atoms with Gasteiger partial charge in [-0.25, -0.2) is 13.4 Å². The number of hydrogen-bond acceptors (Lipinski definition) is 3. The summed E-state index contributed by atoms with van der Waals surface area (Å²) in [5.74, 6) is 1.06. The van der Waals surface area contributed by atoms with E-state index in [0.29, 0.717) is 18.2 Å². The molecule has 1 heterocycles. The molecule has 0 unspecified atom stereocenters. The Bertz CT molecular complexity index is 717. The van der Waals surface area contributed by atoms with Crippen molar-refractivity contribution in [2.75, 3.05) is 10.5 Å². The first-order valence-corrected chi connectivity index (χ1v) is 8.48. The Balaban J connectivity index is 2.41. The molecular weight excluding hydrogens is 274 g/mol. The van der Waals surface area contributed by atoms with Crippen molar-refractivity contribution in [2.24, 2.45) is 0 Å². The van der Waals surface area contributed by atoms with Crippen molar-refractivity contribution in [3.63, 3.8) is 0 Å². The van der Waals surface area contributed by atoms with Crippen LogP contribution < -0.4 is 4.72 Å². The summed E-state index contributed by atoms with van der Waals surface area (Å²) >= 11 is 0. The Morgan fingerprint density at radius 3 is 2.65 bits per heavy atom. The van der Waals surface area contributed by atoms with Crippen LogP contribution in [0.5, 0.6) is 0 Å². The Morgan fingerprint density at radius 2 is 2.05 bits per heavy atom. The zero-order chi connectivity index (χ0) is 14.9. The maximum absolute atomic E-state index is 11.8. The van der Waals surface area contributed by atoms with Crippen molar-refractivity contribution in [3.8, 4) is 0 Å².